The van der Waals surface area contributed by atoms with E-state index in [9.17, 15) is 24.9 Å². The second kappa shape index (κ2) is 35.8. The van der Waals surface area contributed by atoms with Gasteiger partial charge in [0, 0.05) is 12.8 Å². The first kappa shape index (κ1) is 50.5. The Morgan fingerprint density at radius 1 is 0.564 bits per heavy atom. The third kappa shape index (κ3) is 27.6. The van der Waals surface area contributed by atoms with E-state index in [0.29, 0.717) is 19.3 Å². The number of rotatable bonds is 34. The van der Waals surface area contributed by atoms with E-state index in [1.807, 2.05) is 0 Å². The lowest BCUT2D eigenvalue weighted by Gasteiger charge is -2.40. The molecule has 3 N–H and O–H groups in total. The molecule has 0 spiro atoms. The smallest absolute Gasteiger partial charge is 0.306 e. The molecule has 1 fully saturated rings. The van der Waals surface area contributed by atoms with Crippen molar-refractivity contribution in [1.29, 1.82) is 0 Å². The van der Waals surface area contributed by atoms with E-state index in [1.165, 1.54) is 64.2 Å². The van der Waals surface area contributed by atoms with Gasteiger partial charge in [-0.05, 0) is 57.8 Å². The fraction of sp³-hybridized carbons (Fsp3) is 0.739. The summed E-state index contributed by atoms with van der Waals surface area (Å²) < 4.78 is 22.5. The van der Waals surface area contributed by atoms with Crippen molar-refractivity contribution in [3.8, 4) is 0 Å². The van der Waals surface area contributed by atoms with Crippen LogP contribution in [0.2, 0.25) is 0 Å². The minimum absolute atomic E-state index is 0.198. The third-order valence-corrected chi connectivity index (χ3v) is 9.64. The normalized spacial score (nSPS) is 21.2. The van der Waals surface area contributed by atoms with Crippen LogP contribution in [0.1, 0.15) is 168 Å². The maximum Gasteiger partial charge on any atom is 0.306 e. The van der Waals surface area contributed by atoms with Crippen LogP contribution < -0.4 is 0 Å². The van der Waals surface area contributed by atoms with Crippen LogP contribution in [-0.4, -0.2) is 77.3 Å². The summed E-state index contributed by atoms with van der Waals surface area (Å²) in [7, 11) is 0. The second-order valence-corrected chi connectivity index (χ2v) is 14.6. The number of aliphatic hydroxyl groups is 3. The Bertz CT molecular complexity index is 1080. The van der Waals surface area contributed by atoms with E-state index >= 15 is 0 Å². The fourth-order valence-corrected chi connectivity index (χ4v) is 6.23. The van der Waals surface area contributed by atoms with Crippen LogP contribution in [0.25, 0.3) is 0 Å². The highest BCUT2D eigenvalue weighted by atomic mass is 16.7. The topological polar surface area (TPSA) is 132 Å². The zero-order valence-electron chi connectivity index (χ0n) is 34.7. The Kier molecular flexibility index (Phi) is 32.9. The summed E-state index contributed by atoms with van der Waals surface area (Å²) >= 11 is 0. The number of carbonyl (C=O) groups is 2. The zero-order valence-corrected chi connectivity index (χ0v) is 34.7. The van der Waals surface area contributed by atoms with Gasteiger partial charge >= 0.3 is 11.9 Å². The van der Waals surface area contributed by atoms with E-state index < -0.39 is 48.7 Å². The van der Waals surface area contributed by atoms with Gasteiger partial charge < -0.3 is 34.3 Å². The van der Waals surface area contributed by atoms with Crippen LogP contribution in [0.5, 0.6) is 0 Å². The van der Waals surface area contributed by atoms with Crippen molar-refractivity contribution in [2.75, 3.05) is 13.2 Å². The van der Waals surface area contributed by atoms with E-state index in [1.54, 1.807) is 6.92 Å². The monoisotopic (exact) mass is 775 g/mol. The minimum Gasteiger partial charge on any atom is -0.462 e. The molecule has 1 rings (SSSR count). The van der Waals surface area contributed by atoms with Crippen LogP contribution in [-0.2, 0) is 28.5 Å². The molecule has 1 aliphatic rings. The van der Waals surface area contributed by atoms with Gasteiger partial charge in [0.1, 0.15) is 24.9 Å². The predicted molar refractivity (Wildman–Crippen MR) is 222 cm³/mol. The van der Waals surface area contributed by atoms with E-state index in [4.69, 9.17) is 18.9 Å². The van der Waals surface area contributed by atoms with Crippen molar-refractivity contribution in [2.45, 2.75) is 205 Å². The largest absolute Gasteiger partial charge is 0.462 e. The van der Waals surface area contributed by atoms with Crippen LogP contribution in [0, 0.1) is 0 Å². The molecular weight excluding hydrogens is 696 g/mol. The molecule has 1 heterocycles. The summed E-state index contributed by atoms with van der Waals surface area (Å²) in [5, 5.41) is 30.9. The Morgan fingerprint density at radius 3 is 1.58 bits per heavy atom. The van der Waals surface area contributed by atoms with Crippen molar-refractivity contribution in [3.63, 3.8) is 0 Å². The molecule has 0 amide bonds. The predicted octanol–water partition coefficient (Wildman–Crippen LogP) is 10.1. The van der Waals surface area contributed by atoms with E-state index in [0.717, 1.165) is 51.4 Å². The molecule has 9 nitrogen and oxygen atoms in total. The summed E-state index contributed by atoms with van der Waals surface area (Å²) in [4.78, 5) is 25.3. The Balaban J connectivity index is 2.40. The molecule has 1 aliphatic heterocycles. The van der Waals surface area contributed by atoms with Crippen LogP contribution >= 0.6 is 0 Å². The highest BCUT2D eigenvalue weighted by molar-refractivity contribution is 5.70. The lowest BCUT2D eigenvalue weighted by Crippen LogP contribution is -2.58. The van der Waals surface area contributed by atoms with Gasteiger partial charge in [-0.15, -0.1) is 0 Å². The maximum absolute atomic E-state index is 12.8. The standard InChI is InChI=1S/C46H78O9/c1-4-7-9-11-13-15-17-19-20-21-22-24-25-27-29-31-33-35-41(47)52-37-39(38-53-46-45(51)44(50)43(49)40(6-3)55-46)54-42(48)36-34-32-30-28-26-23-18-16-14-12-10-8-5-2/h7,9,13,15,19-20,22,24,27,29,39-40,43-46,49-51H,4-6,8,10-12,14,16-18,21,23,25-26,28,30-38H2,1-3H3/b9-7-,15-13-,20-19-,24-22-,29-27-. The summed E-state index contributed by atoms with van der Waals surface area (Å²) in [6.07, 6.45) is 37.2. The van der Waals surface area contributed by atoms with Crippen LogP contribution in [0.4, 0.5) is 0 Å². The summed E-state index contributed by atoms with van der Waals surface area (Å²) in [6, 6.07) is 0. The van der Waals surface area contributed by atoms with Gasteiger partial charge in [0.2, 0.25) is 0 Å². The molecule has 0 aromatic rings. The van der Waals surface area contributed by atoms with Gasteiger partial charge in [-0.3, -0.25) is 9.59 Å². The highest BCUT2D eigenvalue weighted by Crippen LogP contribution is 2.24. The van der Waals surface area contributed by atoms with Crippen molar-refractivity contribution >= 4 is 11.9 Å². The van der Waals surface area contributed by atoms with Crippen LogP contribution in [0.15, 0.2) is 60.8 Å². The number of carbonyl (C=O) groups excluding carboxylic acids is 2. The number of allylic oxidation sites excluding steroid dienone is 10. The van der Waals surface area contributed by atoms with Crippen LogP contribution in [0.3, 0.4) is 0 Å². The van der Waals surface area contributed by atoms with E-state index in [2.05, 4.69) is 74.6 Å². The van der Waals surface area contributed by atoms with Gasteiger partial charge in [0.25, 0.3) is 0 Å². The van der Waals surface area contributed by atoms with Gasteiger partial charge in [0.15, 0.2) is 12.4 Å². The average molecular weight is 775 g/mol. The number of unbranched alkanes of at least 4 members (excludes halogenated alkanes) is 13. The third-order valence-electron chi connectivity index (χ3n) is 9.64. The van der Waals surface area contributed by atoms with E-state index in [-0.39, 0.29) is 26.1 Å². The van der Waals surface area contributed by atoms with Gasteiger partial charge in [-0.2, -0.15) is 0 Å². The summed E-state index contributed by atoms with van der Waals surface area (Å²) in [5.74, 6) is -0.804. The van der Waals surface area contributed by atoms with Crippen molar-refractivity contribution in [1.82, 2.24) is 0 Å². The maximum atomic E-state index is 12.8. The molecule has 316 valence electrons. The number of hydrogen-bond donors (Lipinski definition) is 3. The summed E-state index contributed by atoms with van der Waals surface area (Å²) in [5.41, 5.74) is 0. The van der Waals surface area contributed by atoms with Crippen molar-refractivity contribution in [3.05, 3.63) is 60.8 Å². The first-order chi connectivity index (χ1) is 26.8. The molecule has 1 saturated heterocycles. The quantitative estimate of drug-likeness (QED) is 0.0332. The molecule has 9 heteroatoms. The molecule has 0 saturated carbocycles. The molecule has 0 aromatic heterocycles. The molecular formula is C46H78O9. The highest BCUT2D eigenvalue weighted by Gasteiger charge is 2.43. The zero-order chi connectivity index (χ0) is 40.2. The fourth-order valence-electron chi connectivity index (χ4n) is 6.23. The Hall–Kier alpha value is -2.56. The molecule has 0 bridgehead atoms. The molecule has 55 heavy (non-hydrogen) atoms. The number of aliphatic hydroxyl groups excluding tert-OH is 3. The van der Waals surface area contributed by atoms with Crippen molar-refractivity contribution in [2.24, 2.45) is 0 Å². The molecule has 0 aliphatic carbocycles. The number of hydrogen-bond acceptors (Lipinski definition) is 9. The van der Waals surface area contributed by atoms with Gasteiger partial charge in [0.05, 0.1) is 12.7 Å². The Labute approximate surface area is 334 Å². The van der Waals surface area contributed by atoms with Gasteiger partial charge in [-0.25, -0.2) is 0 Å². The molecule has 6 atom stereocenters. The molecule has 0 radical (unpaired) electrons. The van der Waals surface area contributed by atoms with Crippen molar-refractivity contribution < 1.29 is 43.9 Å². The number of ether oxygens (including phenoxy) is 4. The van der Waals surface area contributed by atoms with Gasteiger partial charge in [-0.1, -0.05) is 159 Å². The first-order valence-electron chi connectivity index (χ1n) is 21.7. The first-order valence-corrected chi connectivity index (χ1v) is 21.7. The number of esters is 2. The lowest BCUT2D eigenvalue weighted by molar-refractivity contribution is -0.301. The molecule has 6 unspecified atom stereocenters. The Morgan fingerprint density at radius 2 is 1.05 bits per heavy atom. The SMILES string of the molecule is CC/C=C\C/C=C\C/C=C\C/C=C\C/C=C\CCCC(=O)OCC(COC1OC(CC)C(O)C(O)C1O)OC(=O)CCCCCCCCCCCCCCC. The second-order valence-electron chi connectivity index (χ2n) is 14.6. The lowest BCUT2D eigenvalue weighted by atomic mass is 9.97. The average Bonchev–Trinajstić information content (AvgIpc) is 3.18. The minimum atomic E-state index is -1.49. The summed E-state index contributed by atoms with van der Waals surface area (Å²) in [6.45, 7) is 5.76. The molecule has 0 aromatic carbocycles.